The molecular weight excluding hydrogens is 188 g/mol. The lowest BCUT2D eigenvalue weighted by molar-refractivity contribution is 0.336. The molecule has 0 bridgehead atoms. The lowest BCUT2D eigenvalue weighted by Gasteiger charge is -2.25. The van der Waals surface area contributed by atoms with Crippen molar-refractivity contribution in [2.45, 2.75) is 19.5 Å². The van der Waals surface area contributed by atoms with Gasteiger partial charge in [0.1, 0.15) is 0 Å². The summed E-state index contributed by atoms with van der Waals surface area (Å²) in [4.78, 5) is 0. The Bertz CT molecular complexity index is 284. The van der Waals surface area contributed by atoms with Crippen LogP contribution in [-0.2, 0) is 4.43 Å². The molecule has 1 atom stereocenters. The van der Waals surface area contributed by atoms with E-state index >= 15 is 0 Å². The second kappa shape index (κ2) is 5.13. The summed E-state index contributed by atoms with van der Waals surface area (Å²) in [5.41, 5.74) is 0. The van der Waals surface area contributed by atoms with Gasteiger partial charge in [0.15, 0.2) is 0 Å². The van der Waals surface area contributed by atoms with Crippen LogP contribution in [0.5, 0.6) is 0 Å². The van der Waals surface area contributed by atoms with E-state index in [2.05, 4.69) is 44.3 Å². The molecule has 1 nitrogen and oxygen atoms in total. The van der Waals surface area contributed by atoms with Gasteiger partial charge in [0.25, 0.3) is 0 Å². The summed E-state index contributed by atoms with van der Waals surface area (Å²) in [5, 5.41) is 1.35. The first-order valence-corrected chi connectivity index (χ1v) is 7.65. The average Bonchev–Trinajstić information content (AvgIpc) is 2.20. The van der Waals surface area contributed by atoms with Crippen molar-refractivity contribution in [3.63, 3.8) is 0 Å². The van der Waals surface area contributed by atoms with Crippen molar-refractivity contribution in [3.8, 4) is 0 Å². The summed E-state index contributed by atoms with van der Waals surface area (Å²) in [5.74, 6) is 0. The van der Waals surface area contributed by atoms with Crippen molar-refractivity contribution >= 4 is 13.5 Å². The molecule has 0 fully saturated rings. The second-order valence-electron chi connectivity index (χ2n) is 3.52. The molecule has 0 aliphatic heterocycles. The van der Waals surface area contributed by atoms with Gasteiger partial charge in [0, 0.05) is 6.61 Å². The van der Waals surface area contributed by atoms with Crippen molar-refractivity contribution in [2.75, 3.05) is 6.61 Å². The van der Waals surface area contributed by atoms with E-state index in [1.807, 2.05) is 12.1 Å². The third-order valence-corrected chi connectivity index (χ3v) is 5.93. The highest BCUT2D eigenvalue weighted by atomic mass is 28.4. The highest BCUT2D eigenvalue weighted by Gasteiger charge is 2.29. The van der Waals surface area contributed by atoms with Gasteiger partial charge in [0.2, 0.25) is 8.32 Å². The van der Waals surface area contributed by atoms with E-state index in [0.29, 0.717) is 0 Å². The maximum absolute atomic E-state index is 5.92. The number of rotatable bonds is 5. The molecule has 1 rings (SSSR count). The molecule has 1 unspecified atom stereocenters. The smallest absolute Gasteiger partial charge is 0.224 e. The molecule has 14 heavy (non-hydrogen) atoms. The predicted molar refractivity (Wildman–Crippen MR) is 64.3 cm³/mol. The molecule has 0 radical (unpaired) electrons. The molecule has 0 aliphatic rings. The van der Waals surface area contributed by atoms with Gasteiger partial charge in [-0.25, -0.2) is 0 Å². The predicted octanol–water partition coefficient (Wildman–Crippen LogP) is 2.69. The monoisotopic (exact) mass is 206 g/mol. The highest BCUT2D eigenvalue weighted by Crippen LogP contribution is 2.12. The fourth-order valence-corrected chi connectivity index (χ4v) is 4.25. The Morgan fingerprint density at radius 3 is 2.50 bits per heavy atom. The van der Waals surface area contributed by atoms with Gasteiger partial charge >= 0.3 is 0 Å². The van der Waals surface area contributed by atoms with Gasteiger partial charge in [-0.3, -0.25) is 0 Å². The normalized spacial score (nSPS) is 14.7. The molecule has 0 spiro atoms. The highest BCUT2D eigenvalue weighted by molar-refractivity contribution is 6.85. The van der Waals surface area contributed by atoms with Crippen LogP contribution in [0.4, 0.5) is 0 Å². The minimum atomic E-state index is -1.74. The zero-order valence-electron chi connectivity index (χ0n) is 8.99. The fraction of sp³-hybridized carbons (Fsp3) is 0.333. The number of benzene rings is 1. The summed E-state index contributed by atoms with van der Waals surface area (Å²) in [6.45, 7) is 8.89. The SMILES string of the molecule is C=CC[Si](C)(OCC)c1ccccc1. The van der Waals surface area contributed by atoms with Gasteiger partial charge in [0.05, 0.1) is 0 Å². The topological polar surface area (TPSA) is 9.23 Å². The Morgan fingerprint density at radius 2 is 2.00 bits per heavy atom. The summed E-state index contributed by atoms with van der Waals surface area (Å²) in [7, 11) is -1.74. The van der Waals surface area contributed by atoms with Crippen LogP contribution in [-0.4, -0.2) is 14.9 Å². The number of hydrogen-bond acceptors (Lipinski definition) is 1. The average molecular weight is 206 g/mol. The van der Waals surface area contributed by atoms with Crippen LogP contribution in [0.15, 0.2) is 43.0 Å². The lowest BCUT2D eigenvalue weighted by Crippen LogP contribution is -2.47. The fourth-order valence-electron chi connectivity index (χ4n) is 1.64. The van der Waals surface area contributed by atoms with E-state index in [0.717, 1.165) is 12.7 Å². The Morgan fingerprint density at radius 1 is 1.36 bits per heavy atom. The van der Waals surface area contributed by atoms with Crippen LogP contribution in [0.1, 0.15) is 6.92 Å². The minimum Gasteiger partial charge on any atom is -0.413 e. The summed E-state index contributed by atoms with van der Waals surface area (Å²) in [6, 6.07) is 11.5. The third kappa shape index (κ3) is 2.56. The quantitative estimate of drug-likeness (QED) is 0.531. The molecule has 0 heterocycles. The van der Waals surface area contributed by atoms with Crippen molar-refractivity contribution in [1.29, 1.82) is 0 Å². The van der Waals surface area contributed by atoms with E-state index in [-0.39, 0.29) is 0 Å². The number of hydrogen-bond donors (Lipinski definition) is 0. The largest absolute Gasteiger partial charge is 0.413 e. The van der Waals surface area contributed by atoms with E-state index in [1.165, 1.54) is 5.19 Å². The van der Waals surface area contributed by atoms with Gasteiger partial charge in [-0.1, -0.05) is 36.4 Å². The first-order chi connectivity index (χ1) is 6.73. The van der Waals surface area contributed by atoms with Gasteiger partial charge in [-0.15, -0.1) is 6.58 Å². The lowest BCUT2D eigenvalue weighted by atomic mass is 10.4. The minimum absolute atomic E-state index is 0.783. The molecule has 0 saturated carbocycles. The number of allylic oxidation sites excluding steroid dienone is 1. The molecule has 0 aromatic heterocycles. The molecule has 76 valence electrons. The zero-order chi connectivity index (χ0) is 10.4. The molecule has 0 saturated heterocycles. The van der Waals surface area contributed by atoms with Gasteiger partial charge in [-0.05, 0) is 24.7 Å². The summed E-state index contributed by atoms with van der Waals surface area (Å²) in [6.07, 6.45) is 1.97. The summed E-state index contributed by atoms with van der Waals surface area (Å²) >= 11 is 0. The summed E-state index contributed by atoms with van der Waals surface area (Å²) < 4.78 is 5.92. The standard InChI is InChI=1S/C12H18OSi/c1-4-11-14(3,13-5-2)12-9-7-6-8-10-12/h4,6-10H,1,5,11H2,2-3H3. The first-order valence-electron chi connectivity index (χ1n) is 5.03. The maximum Gasteiger partial charge on any atom is 0.224 e. The van der Waals surface area contributed by atoms with Gasteiger partial charge in [-0.2, -0.15) is 0 Å². The van der Waals surface area contributed by atoms with Crippen LogP contribution in [0, 0.1) is 0 Å². The second-order valence-corrected chi connectivity index (χ2v) is 7.26. The van der Waals surface area contributed by atoms with E-state index in [9.17, 15) is 0 Å². The van der Waals surface area contributed by atoms with Crippen LogP contribution < -0.4 is 5.19 Å². The molecule has 0 N–H and O–H groups in total. The molecular formula is C12H18OSi. The molecule has 0 amide bonds. The van der Waals surface area contributed by atoms with Crippen molar-refractivity contribution in [1.82, 2.24) is 0 Å². The van der Waals surface area contributed by atoms with E-state index in [1.54, 1.807) is 0 Å². The van der Waals surface area contributed by atoms with Gasteiger partial charge < -0.3 is 4.43 Å². The van der Waals surface area contributed by atoms with E-state index < -0.39 is 8.32 Å². The third-order valence-electron chi connectivity index (χ3n) is 2.38. The van der Waals surface area contributed by atoms with Crippen molar-refractivity contribution in [3.05, 3.63) is 43.0 Å². The maximum atomic E-state index is 5.92. The molecule has 2 heteroatoms. The van der Waals surface area contributed by atoms with E-state index in [4.69, 9.17) is 4.43 Å². The van der Waals surface area contributed by atoms with Crippen LogP contribution in [0.25, 0.3) is 0 Å². The Balaban J connectivity index is 2.92. The van der Waals surface area contributed by atoms with Crippen LogP contribution in [0.2, 0.25) is 12.6 Å². The zero-order valence-corrected chi connectivity index (χ0v) is 9.99. The van der Waals surface area contributed by atoms with Crippen molar-refractivity contribution in [2.24, 2.45) is 0 Å². The van der Waals surface area contributed by atoms with Crippen LogP contribution in [0.3, 0.4) is 0 Å². The first kappa shape index (κ1) is 11.2. The molecule has 1 aromatic carbocycles. The van der Waals surface area contributed by atoms with Crippen molar-refractivity contribution < 1.29 is 4.43 Å². The Hall–Kier alpha value is -0.863. The molecule has 1 aromatic rings. The Kier molecular flexibility index (Phi) is 4.11. The Labute approximate surface area is 87.5 Å². The molecule has 0 aliphatic carbocycles. The van der Waals surface area contributed by atoms with Crippen LogP contribution >= 0.6 is 0 Å².